The lowest BCUT2D eigenvalue weighted by atomic mass is 10.1. The van der Waals surface area contributed by atoms with Crippen LogP contribution in [0.25, 0.3) is 0 Å². The van der Waals surface area contributed by atoms with E-state index in [0.717, 1.165) is 42.0 Å². The van der Waals surface area contributed by atoms with Gasteiger partial charge in [0.2, 0.25) is 5.91 Å². The van der Waals surface area contributed by atoms with Crippen molar-refractivity contribution in [2.24, 2.45) is 0 Å². The van der Waals surface area contributed by atoms with E-state index in [2.05, 4.69) is 10.2 Å². The van der Waals surface area contributed by atoms with E-state index in [-0.39, 0.29) is 11.8 Å². The third-order valence-electron chi connectivity index (χ3n) is 5.31. The van der Waals surface area contributed by atoms with Crippen LogP contribution >= 0.6 is 0 Å². The highest BCUT2D eigenvalue weighted by Gasteiger charge is 2.37. The molecule has 1 fully saturated rings. The molecule has 2 heterocycles. The first-order valence-electron chi connectivity index (χ1n) is 8.92. The molecule has 2 aromatic rings. The van der Waals surface area contributed by atoms with Crippen LogP contribution in [-0.4, -0.2) is 53.2 Å². The number of hydrogen-bond donors (Lipinski definition) is 1. The number of nitrogens with one attached hydrogen (secondary N) is 1. The molecule has 1 aromatic heterocycles. The van der Waals surface area contributed by atoms with Crippen molar-refractivity contribution in [2.75, 3.05) is 25.1 Å². The van der Waals surface area contributed by atoms with Crippen molar-refractivity contribution >= 4 is 17.5 Å². The summed E-state index contributed by atoms with van der Waals surface area (Å²) >= 11 is 0. The number of piperazine rings is 1. The Hall–Kier alpha value is -2.83. The normalized spacial score (nSPS) is 19.6. The maximum absolute atomic E-state index is 13.0. The quantitative estimate of drug-likeness (QED) is 0.911. The Morgan fingerprint density at radius 3 is 2.73 bits per heavy atom. The molecule has 26 heavy (non-hydrogen) atoms. The molecule has 0 spiro atoms. The van der Waals surface area contributed by atoms with Gasteiger partial charge in [-0.3, -0.25) is 14.7 Å². The number of aromatic amines is 1. The second kappa shape index (κ2) is 6.48. The second-order valence-electron chi connectivity index (χ2n) is 6.75. The zero-order chi connectivity index (χ0) is 18.3. The second-order valence-corrected chi connectivity index (χ2v) is 6.75. The summed E-state index contributed by atoms with van der Waals surface area (Å²) in [5.74, 6) is 0.511. The molecule has 136 valence electrons. The number of rotatable bonds is 3. The lowest BCUT2D eigenvalue weighted by Crippen LogP contribution is -2.58. The third-order valence-corrected chi connectivity index (χ3v) is 5.31. The lowest BCUT2D eigenvalue weighted by Gasteiger charge is -2.39. The Bertz CT molecular complexity index is 843. The Labute approximate surface area is 151 Å². The zero-order valence-corrected chi connectivity index (χ0v) is 15.0. The number of H-pyrrole nitrogens is 1. The topological polar surface area (TPSA) is 78.5 Å². The first-order valence-corrected chi connectivity index (χ1v) is 8.92. The number of carbonyl (C=O) groups excluding carboxylic acids is 2. The summed E-state index contributed by atoms with van der Waals surface area (Å²) in [6.45, 7) is 2.73. The van der Waals surface area contributed by atoms with Crippen LogP contribution in [0, 0.1) is 0 Å². The van der Waals surface area contributed by atoms with Crippen LogP contribution < -0.4 is 9.64 Å². The predicted octanol–water partition coefficient (Wildman–Crippen LogP) is 1.78. The summed E-state index contributed by atoms with van der Waals surface area (Å²) in [5, 5.41) is 7.19. The third kappa shape index (κ3) is 2.64. The number of carbonyl (C=O) groups is 2. The number of methoxy groups -OCH3 is 1. The molecule has 1 aliphatic carbocycles. The fourth-order valence-corrected chi connectivity index (χ4v) is 3.80. The number of ether oxygens (including phenoxy) is 1. The Balaban J connectivity index is 1.53. The number of amides is 2. The van der Waals surface area contributed by atoms with E-state index in [4.69, 9.17) is 4.74 Å². The van der Waals surface area contributed by atoms with Gasteiger partial charge in [-0.2, -0.15) is 5.10 Å². The molecule has 2 aliphatic rings. The number of aromatic nitrogens is 2. The van der Waals surface area contributed by atoms with Gasteiger partial charge < -0.3 is 14.5 Å². The molecule has 0 saturated carbocycles. The maximum Gasteiger partial charge on any atom is 0.275 e. The fraction of sp³-hybridized carbons (Fsp3) is 0.421. The summed E-state index contributed by atoms with van der Waals surface area (Å²) < 4.78 is 5.16. The molecular formula is C19H22N4O3. The smallest absolute Gasteiger partial charge is 0.275 e. The molecule has 1 unspecified atom stereocenters. The summed E-state index contributed by atoms with van der Waals surface area (Å²) in [5.41, 5.74) is 3.38. The van der Waals surface area contributed by atoms with E-state index in [1.165, 1.54) is 0 Å². The largest absolute Gasteiger partial charge is 0.497 e. The number of aryl methyl sites for hydroxylation is 1. The van der Waals surface area contributed by atoms with Gasteiger partial charge in [0.25, 0.3) is 5.91 Å². The van der Waals surface area contributed by atoms with Crippen LogP contribution in [-0.2, 0) is 17.6 Å². The van der Waals surface area contributed by atoms with Crippen molar-refractivity contribution in [1.82, 2.24) is 15.1 Å². The molecule has 1 aromatic carbocycles. The Kier molecular flexibility index (Phi) is 4.14. The summed E-state index contributed by atoms with van der Waals surface area (Å²) in [4.78, 5) is 29.2. The highest BCUT2D eigenvalue weighted by atomic mass is 16.5. The number of fused-ring (bicyclic) bond motifs is 1. The number of anilines is 1. The monoisotopic (exact) mass is 354 g/mol. The molecule has 1 atom stereocenters. The van der Waals surface area contributed by atoms with Crippen molar-refractivity contribution in [3.8, 4) is 5.75 Å². The summed E-state index contributed by atoms with van der Waals surface area (Å²) in [6, 6.07) is 6.87. The number of hydrogen-bond acceptors (Lipinski definition) is 4. The van der Waals surface area contributed by atoms with Crippen LogP contribution in [0.2, 0.25) is 0 Å². The van der Waals surface area contributed by atoms with Crippen LogP contribution in [0.1, 0.15) is 35.1 Å². The first-order chi connectivity index (χ1) is 12.6. The standard InChI is InChI=1S/C19H22N4O3/c1-12-18(24)23(13-6-8-14(26-2)9-7-13)11-10-22(12)19(25)17-15-4-3-5-16(15)20-21-17/h6-9,12H,3-5,10-11H2,1-2H3,(H,20,21). The molecule has 0 radical (unpaired) electrons. The summed E-state index contributed by atoms with van der Waals surface area (Å²) in [7, 11) is 1.61. The Morgan fingerprint density at radius 1 is 1.23 bits per heavy atom. The van der Waals surface area contributed by atoms with Crippen molar-refractivity contribution in [3.63, 3.8) is 0 Å². The first kappa shape index (κ1) is 16.6. The van der Waals surface area contributed by atoms with Gasteiger partial charge in [0.1, 0.15) is 11.8 Å². The highest BCUT2D eigenvalue weighted by Crippen LogP contribution is 2.27. The molecule has 0 bridgehead atoms. The van der Waals surface area contributed by atoms with Crippen molar-refractivity contribution in [2.45, 2.75) is 32.2 Å². The number of benzene rings is 1. The molecule has 7 nitrogen and oxygen atoms in total. The fourth-order valence-electron chi connectivity index (χ4n) is 3.80. The predicted molar refractivity (Wildman–Crippen MR) is 96.5 cm³/mol. The van der Waals surface area contributed by atoms with Crippen LogP contribution in [0.15, 0.2) is 24.3 Å². The van der Waals surface area contributed by atoms with Crippen molar-refractivity contribution < 1.29 is 14.3 Å². The maximum atomic E-state index is 13.0. The van der Waals surface area contributed by atoms with Gasteiger partial charge in [0.05, 0.1) is 7.11 Å². The highest BCUT2D eigenvalue weighted by molar-refractivity contribution is 6.03. The van der Waals surface area contributed by atoms with Gasteiger partial charge in [-0.1, -0.05) is 0 Å². The van der Waals surface area contributed by atoms with Gasteiger partial charge in [0.15, 0.2) is 5.69 Å². The van der Waals surface area contributed by atoms with E-state index in [9.17, 15) is 9.59 Å². The van der Waals surface area contributed by atoms with Gasteiger partial charge in [-0.05, 0) is 50.5 Å². The number of nitrogens with zero attached hydrogens (tertiary/aromatic N) is 3. The minimum Gasteiger partial charge on any atom is -0.497 e. The minimum atomic E-state index is -0.521. The molecule has 2 amide bonds. The van der Waals surface area contributed by atoms with Gasteiger partial charge in [-0.15, -0.1) is 0 Å². The molecule has 1 saturated heterocycles. The van der Waals surface area contributed by atoms with Crippen molar-refractivity contribution in [1.29, 1.82) is 0 Å². The van der Waals surface area contributed by atoms with Crippen LogP contribution in [0.3, 0.4) is 0 Å². The van der Waals surface area contributed by atoms with Gasteiger partial charge in [0, 0.05) is 30.0 Å². The minimum absolute atomic E-state index is 0.0815. The van der Waals surface area contributed by atoms with Crippen LogP contribution in [0.4, 0.5) is 5.69 Å². The molecule has 7 heteroatoms. The molecular weight excluding hydrogens is 332 g/mol. The van der Waals surface area contributed by atoms with Gasteiger partial charge in [-0.25, -0.2) is 0 Å². The SMILES string of the molecule is COc1ccc(N2CCN(C(=O)c3n[nH]c4c3CCC4)C(C)C2=O)cc1. The summed E-state index contributed by atoms with van der Waals surface area (Å²) in [6.07, 6.45) is 2.86. The average molecular weight is 354 g/mol. The molecule has 4 rings (SSSR count). The van der Waals surface area contributed by atoms with E-state index in [0.29, 0.717) is 18.8 Å². The van der Waals surface area contributed by atoms with Gasteiger partial charge >= 0.3 is 0 Å². The molecule has 1 aliphatic heterocycles. The Morgan fingerprint density at radius 2 is 2.00 bits per heavy atom. The molecule has 1 N–H and O–H groups in total. The van der Waals surface area contributed by atoms with E-state index < -0.39 is 6.04 Å². The van der Waals surface area contributed by atoms with E-state index in [1.54, 1.807) is 23.8 Å². The lowest BCUT2D eigenvalue weighted by molar-refractivity contribution is -0.124. The zero-order valence-electron chi connectivity index (χ0n) is 15.0. The average Bonchev–Trinajstić information content (AvgIpc) is 3.27. The van der Waals surface area contributed by atoms with E-state index >= 15 is 0 Å². The van der Waals surface area contributed by atoms with Crippen LogP contribution in [0.5, 0.6) is 5.75 Å². The van der Waals surface area contributed by atoms with E-state index in [1.807, 2.05) is 24.3 Å². The van der Waals surface area contributed by atoms with Crippen molar-refractivity contribution in [3.05, 3.63) is 41.2 Å².